The van der Waals surface area contributed by atoms with Gasteiger partial charge in [-0.15, -0.1) is 0 Å². The first-order valence-corrected chi connectivity index (χ1v) is 7.36. The van der Waals surface area contributed by atoms with E-state index in [1.807, 2.05) is 36.4 Å². The number of aromatic amines is 1. The van der Waals surface area contributed by atoms with Crippen molar-refractivity contribution >= 4 is 45.5 Å². The molecule has 2 aromatic carbocycles. The Kier molecular flexibility index (Phi) is 4.05. The van der Waals surface area contributed by atoms with Crippen molar-refractivity contribution in [3.8, 4) is 6.07 Å². The summed E-state index contributed by atoms with van der Waals surface area (Å²) in [6.45, 7) is 0. The van der Waals surface area contributed by atoms with Gasteiger partial charge >= 0.3 is 0 Å². The van der Waals surface area contributed by atoms with Gasteiger partial charge in [-0.3, -0.25) is 0 Å². The molecule has 0 bridgehead atoms. The highest BCUT2D eigenvalue weighted by atomic mass is 35.5. The van der Waals surface area contributed by atoms with Crippen LogP contribution < -0.4 is 5.32 Å². The minimum absolute atomic E-state index is 0.392. The fourth-order valence-electron chi connectivity index (χ4n) is 2.10. The summed E-state index contributed by atoms with van der Waals surface area (Å²) in [4.78, 5) is 7.97. The molecule has 108 valence electrons. The minimum Gasteiger partial charge on any atom is -0.349 e. The van der Waals surface area contributed by atoms with E-state index < -0.39 is 5.92 Å². The molecule has 3 rings (SSSR count). The van der Waals surface area contributed by atoms with E-state index in [9.17, 15) is 5.26 Å². The molecule has 0 fully saturated rings. The van der Waals surface area contributed by atoms with Crippen LogP contribution in [0.5, 0.6) is 0 Å². The summed E-state index contributed by atoms with van der Waals surface area (Å²) >= 11 is 11.2. The van der Waals surface area contributed by atoms with Gasteiger partial charge in [-0.25, -0.2) is 4.98 Å². The molecule has 1 aromatic heterocycles. The van der Waals surface area contributed by atoms with E-state index in [0.717, 1.165) is 16.7 Å². The number of para-hydroxylation sites is 2. The van der Waals surface area contributed by atoms with Crippen LogP contribution in [0.4, 0.5) is 5.69 Å². The lowest BCUT2D eigenvalue weighted by Gasteiger charge is -2.11. The van der Waals surface area contributed by atoms with Gasteiger partial charge in [0.25, 0.3) is 0 Å². The summed E-state index contributed by atoms with van der Waals surface area (Å²) in [6, 6.07) is 16.9. The highest BCUT2D eigenvalue weighted by Crippen LogP contribution is 2.21. The number of fused-ring (bicyclic) bond motifs is 1. The summed E-state index contributed by atoms with van der Waals surface area (Å²) < 4.78 is 0. The lowest BCUT2D eigenvalue weighted by molar-refractivity contribution is 1.02. The van der Waals surface area contributed by atoms with Crippen molar-refractivity contribution in [2.75, 3.05) is 5.32 Å². The van der Waals surface area contributed by atoms with Crippen LogP contribution in [0.3, 0.4) is 0 Å². The SMILES string of the molecule is N#CC(C(=S)Nc1ccc(Cl)cc1)c1nc2ccccc2[nH]1. The lowest BCUT2D eigenvalue weighted by Crippen LogP contribution is -2.18. The molecule has 0 radical (unpaired) electrons. The quantitative estimate of drug-likeness (QED) is 0.706. The Hall–Kier alpha value is -2.42. The highest BCUT2D eigenvalue weighted by molar-refractivity contribution is 7.80. The van der Waals surface area contributed by atoms with Gasteiger partial charge in [0.05, 0.1) is 17.1 Å². The Balaban J connectivity index is 1.85. The first kappa shape index (κ1) is 14.5. The summed E-state index contributed by atoms with van der Waals surface area (Å²) in [6.07, 6.45) is 0. The monoisotopic (exact) mass is 326 g/mol. The molecule has 22 heavy (non-hydrogen) atoms. The topological polar surface area (TPSA) is 64.5 Å². The molecule has 0 spiro atoms. The van der Waals surface area contributed by atoms with Crippen LogP contribution in [0, 0.1) is 11.3 Å². The number of nitrogens with one attached hydrogen (secondary N) is 2. The van der Waals surface area contributed by atoms with E-state index in [0.29, 0.717) is 15.8 Å². The zero-order chi connectivity index (χ0) is 15.5. The molecule has 0 saturated carbocycles. The molecule has 0 aliphatic heterocycles. The maximum absolute atomic E-state index is 9.44. The fourth-order valence-corrected chi connectivity index (χ4v) is 2.51. The number of halogens is 1. The van der Waals surface area contributed by atoms with Gasteiger partial charge < -0.3 is 10.3 Å². The molecule has 0 amide bonds. The Labute approximate surface area is 137 Å². The molecule has 4 nitrogen and oxygen atoms in total. The molecule has 0 aliphatic carbocycles. The maximum Gasteiger partial charge on any atom is 0.154 e. The molecular formula is C16H11ClN4S. The minimum atomic E-state index is -0.641. The van der Waals surface area contributed by atoms with Crippen molar-refractivity contribution in [2.24, 2.45) is 0 Å². The van der Waals surface area contributed by atoms with Gasteiger partial charge in [0.15, 0.2) is 5.92 Å². The average molecular weight is 327 g/mol. The number of rotatable bonds is 3. The second kappa shape index (κ2) is 6.14. The van der Waals surface area contributed by atoms with E-state index in [-0.39, 0.29) is 0 Å². The normalized spacial score (nSPS) is 11.8. The second-order valence-corrected chi connectivity index (χ2v) is 5.57. The van der Waals surface area contributed by atoms with Crippen molar-refractivity contribution in [1.82, 2.24) is 9.97 Å². The van der Waals surface area contributed by atoms with Gasteiger partial charge in [-0.2, -0.15) is 5.26 Å². The number of hydrogen-bond acceptors (Lipinski definition) is 3. The van der Waals surface area contributed by atoms with Crippen LogP contribution in [-0.4, -0.2) is 15.0 Å². The number of hydrogen-bond donors (Lipinski definition) is 2. The van der Waals surface area contributed by atoms with Crippen LogP contribution in [0.1, 0.15) is 11.7 Å². The summed E-state index contributed by atoms with van der Waals surface area (Å²) in [5.41, 5.74) is 2.48. The predicted molar refractivity (Wildman–Crippen MR) is 92.1 cm³/mol. The Morgan fingerprint density at radius 3 is 2.64 bits per heavy atom. The molecule has 0 saturated heterocycles. The number of nitrogens with zero attached hydrogens (tertiary/aromatic N) is 2. The van der Waals surface area contributed by atoms with Gasteiger partial charge in [-0.05, 0) is 36.4 Å². The number of imidazole rings is 1. The molecular weight excluding hydrogens is 316 g/mol. The van der Waals surface area contributed by atoms with E-state index in [1.165, 1.54) is 0 Å². The van der Waals surface area contributed by atoms with Crippen LogP contribution in [-0.2, 0) is 0 Å². The standard InChI is InChI=1S/C16H11ClN4S/c17-10-5-7-11(8-6-10)19-16(22)12(9-18)15-20-13-3-1-2-4-14(13)21-15/h1-8,12H,(H,19,22)(H,20,21). The van der Waals surface area contributed by atoms with E-state index >= 15 is 0 Å². The third kappa shape index (κ3) is 2.93. The lowest BCUT2D eigenvalue weighted by atomic mass is 10.1. The smallest absolute Gasteiger partial charge is 0.154 e. The fraction of sp³-hybridized carbons (Fsp3) is 0.0625. The van der Waals surface area contributed by atoms with E-state index in [2.05, 4.69) is 21.4 Å². The van der Waals surface area contributed by atoms with E-state index in [4.69, 9.17) is 23.8 Å². The largest absolute Gasteiger partial charge is 0.349 e. The highest BCUT2D eigenvalue weighted by Gasteiger charge is 2.20. The zero-order valence-corrected chi connectivity index (χ0v) is 12.9. The molecule has 1 heterocycles. The van der Waals surface area contributed by atoms with Gasteiger partial charge in [0.2, 0.25) is 0 Å². The third-order valence-electron chi connectivity index (χ3n) is 3.18. The Morgan fingerprint density at radius 2 is 1.95 bits per heavy atom. The first-order valence-electron chi connectivity index (χ1n) is 6.58. The Morgan fingerprint density at radius 1 is 1.23 bits per heavy atom. The molecule has 1 unspecified atom stereocenters. The van der Waals surface area contributed by atoms with Crippen LogP contribution in [0.2, 0.25) is 5.02 Å². The van der Waals surface area contributed by atoms with Gasteiger partial charge in [0.1, 0.15) is 10.8 Å². The summed E-state index contributed by atoms with van der Waals surface area (Å²) in [5.74, 6) is -0.103. The first-order chi connectivity index (χ1) is 10.7. The van der Waals surface area contributed by atoms with Crippen LogP contribution in [0.15, 0.2) is 48.5 Å². The Bertz CT molecular complexity index is 831. The molecule has 1 atom stereocenters. The number of H-pyrrole nitrogens is 1. The summed E-state index contributed by atoms with van der Waals surface area (Å²) in [7, 11) is 0. The molecule has 2 N–H and O–H groups in total. The van der Waals surface area contributed by atoms with Crippen molar-refractivity contribution in [3.05, 3.63) is 59.4 Å². The predicted octanol–water partition coefficient (Wildman–Crippen LogP) is 4.26. The number of anilines is 1. The number of benzene rings is 2. The van der Waals surface area contributed by atoms with Gasteiger partial charge in [-0.1, -0.05) is 36.0 Å². The van der Waals surface area contributed by atoms with Crippen molar-refractivity contribution in [1.29, 1.82) is 5.26 Å². The zero-order valence-electron chi connectivity index (χ0n) is 11.4. The van der Waals surface area contributed by atoms with Crippen molar-refractivity contribution in [3.63, 3.8) is 0 Å². The third-order valence-corrected chi connectivity index (χ3v) is 3.77. The second-order valence-electron chi connectivity index (χ2n) is 4.70. The summed E-state index contributed by atoms with van der Waals surface area (Å²) in [5, 5.41) is 13.1. The molecule has 3 aromatic rings. The molecule has 0 aliphatic rings. The van der Waals surface area contributed by atoms with Crippen LogP contribution >= 0.6 is 23.8 Å². The number of thiocarbonyl (C=S) groups is 1. The number of aromatic nitrogens is 2. The maximum atomic E-state index is 9.44. The number of nitriles is 1. The van der Waals surface area contributed by atoms with Gasteiger partial charge in [0, 0.05) is 10.7 Å². The van der Waals surface area contributed by atoms with E-state index in [1.54, 1.807) is 12.1 Å². The van der Waals surface area contributed by atoms with Crippen molar-refractivity contribution in [2.45, 2.75) is 5.92 Å². The van der Waals surface area contributed by atoms with Crippen molar-refractivity contribution < 1.29 is 0 Å². The van der Waals surface area contributed by atoms with Crippen LogP contribution in [0.25, 0.3) is 11.0 Å². The molecule has 6 heteroatoms. The average Bonchev–Trinajstić information content (AvgIpc) is 2.94.